The van der Waals surface area contributed by atoms with Gasteiger partial charge in [0.1, 0.15) is 0 Å². The predicted molar refractivity (Wildman–Crippen MR) is 104 cm³/mol. The number of nitrogens with zero attached hydrogens (tertiary/aromatic N) is 1. The molecule has 0 bridgehead atoms. The zero-order valence-electron chi connectivity index (χ0n) is 15.5. The largest absolute Gasteiger partial charge is 0.377 e. The van der Waals surface area contributed by atoms with E-state index in [1.807, 2.05) is 68.4 Å². The number of anilines is 2. The van der Waals surface area contributed by atoms with Gasteiger partial charge in [0.05, 0.1) is 11.6 Å². The van der Waals surface area contributed by atoms with E-state index >= 15 is 0 Å². The Morgan fingerprint density at radius 2 is 1.77 bits per heavy atom. The quantitative estimate of drug-likeness (QED) is 0.836. The molecular formula is C21H25N3O2. The Hall–Kier alpha value is -2.82. The molecule has 1 fully saturated rings. The maximum Gasteiger partial charge on any atom is 0.253 e. The van der Waals surface area contributed by atoms with Crippen LogP contribution in [0.5, 0.6) is 0 Å². The number of carbonyl (C=O) groups excluding carboxylic acids is 2. The molecule has 1 saturated carbocycles. The fourth-order valence-electron chi connectivity index (χ4n) is 2.87. The highest BCUT2D eigenvalue weighted by Crippen LogP contribution is 2.31. The van der Waals surface area contributed by atoms with Gasteiger partial charge >= 0.3 is 0 Å². The van der Waals surface area contributed by atoms with Crippen molar-refractivity contribution in [1.29, 1.82) is 0 Å². The molecule has 2 amide bonds. The van der Waals surface area contributed by atoms with Crippen LogP contribution in [0.4, 0.5) is 11.4 Å². The Morgan fingerprint density at radius 1 is 1.08 bits per heavy atom. The van der Waals surface area contributed by atoms with Crippen LogP contribution in [-0.4, -0.2) is 25.9 Å². The minimum atomic E-state index is -0.160. The highest BCUT2D eigenvalue weighted by atomic mass is 16.2. The first-order valence-corrected chi connectivity index (χ1v) is 8.93. The molecule has 1 aliphatic rings. The fourth-order valence-corrected chi connectivity index (χ4v) is 2.87. The van der Waals surface area contributed by atoms with Crippen molar-refractivity contribution in [1.82, 2.24) is 5.32 Å². The van der Waals surface area contributed by atoms with Crippen LogP contribution in [0.2, 0.25) is 0 Å². The normalized spacial score (nSPS) is 14.4. The lowest BCUT2D eigenvalue weighted by molar-refractivity contribution is -0.117. The summed E-state index contributed by atoms with van der Waals surface area (Å²) < 4.78 is 0. The molecule has 0 aromatic heterocycles. The Labute approximate surface area is 154 Å². The van der Waals surface area contributed by atoms with E-state index in [0.29, 0.717) is 11.3 Å². The molecule has 1 unspecified atom stereocenters. The minimum Gasteiger partial charge on any atom is -0.377 e. The first kappa shape index (κ1) is 18.0. The van der Waals surface area contributed by atoms with E-state index < -0.39 is 0 Å². The molecule has 2 aromatic carbocycles. The van der Waals surface area contributed by atoms with Crippen molar-refractivity contribution in [2.75, 3.05) is 24.3 Å². The van der Waals surface area contributed by atoms with Crippen molar-refractivity contribution in [2.45, 2.75) is 25.8 Å². The molecule has 0 aliphatic heterocycles. The van der Waals surface area contributed by atoms with Gasteiger partial charge in [0.25, 0.3) is 5.91 Å². The van der Waals surface area contributed by atoms with Gasteiger partial charge in [0.2, 0.25) is 5.91 Å². The van der Waals surface area contributed by atoms with Crippen LogP contribution < -0.4 is 15.5 Å². The van der Waals surface area contributed by atoms with E-state index in [9.17, 15) is 9.59 Å². The maximum absolute atomic E-state index is 12.9. The smallest absolute Gasteiger partial charge is 0.253 e. The second-order valence-corrected chi connectivity index (χ2v) is 7.00. The highest BCUT2D eigenvalue weighted by molar-refractivity contribution is 6.02. The predicted octanol–water partition coefficient (Wildman–Crippen LogP) is 3.59. The summed E-state index contributed by atoms with van der Waals surface area (Å²) >= 11 is 0. The summed E-state index contributed by atoms with van der Waals surface area (Å²) in [6, 6.07) is 15.2. The van der Waals surface area contributed by atoms with Crippen LogP contribution in [0.3, 0.4) is 0 Å². The SMILES string of the molecule is CC(NC(=O)c1cc(NC(=O)C2CC2)ccc1N(C)C)c1ccccc1. The lowest BCUT2D eigenvalue weighted by Crippen LogP contribution is -2.28. The third-order valence-electron chi connectivity index (χ3n) is 4.59. The summed E-state index contributed by atoms with van der Waals surface area (Å²) in [6.07, 6.45) is 1.90. The van der Waals surface area contributed by atoms with Crippen LogP contribution in [0.15, 0.2) is 48.5 Å². The third kappa shape index (κ3) is 4.23. The van der Waals surface area contributed by atoms with Crippen LogP contribution in [0.1, 0.15) is 41.7 Å². The molecule has 0 radical (unpaired) electrons. The van der Waals surface area contributed by atoms with E-state index in [4.69, 9.17) is 0 Å². The molecule has 0 saturated heterocycles. The summed E-state index contributed by atoms with van der Waals surface area (Å²) in [7, 11) is 3.80. The third-order valence-corrected chi connectivity index (χ3v) is 4.59. The molecule has 2 aromatic rings. The highest BCUT2D eigenvalue weighted by Gasteiger charge is 2.29. The summed E-state index contributed by atoms with van der Waals surface area (Å²) in [5.41, 5.74) is 3.06. The summed E-state index contributed by atoms with van der Waals surface area (Å²) in [4.78, 5) is 26.8. The van der Waals surface area contributed by atoms with Crippen molar-refractivity contribution in [2.24, 2.45) is 5.92 Å². The summed E-state index contributed by atoms with van der Waals surface area (Å²) in [6.45, 7) is 1.96. The van der Waals surface area contributed by atoms with E-state index in [0.717, 1.165) is 24.1 Å². The molecule has 5 nitrogen and oxygen atoms in total. The van der Waals surface area contributed by atoms with Crippen LogP contribution >= 0.6 is 0 Å². The van der Waals surface area contributed by atoms with Gasteiger partial charge in [-0.25, -0.2) is 0 Å². The molecule has 0 spiro atoms. The summed E-state index contributed by atoms with van der Waals surface area (Å²) in [5, 5.41) is 5.96. The standard InChI is InChI=1S/C21H25N3O2/c1-14(15-7-5-4-6-8-15)22-21(26)18-13-17(11-12-19(18)24(2)3)23-20(25)16-9-10-16/h4-8,11-14,16H,9-10H2,1-3H3,(H,22,26)(H,23,25). The van der Waals surface area contributed by atoms with E-state index in [2.05, 4.69) is 10.6 Å². The van der Waals surface area contributed by atoms with E-state index in [1.165, 1.54) is 0 Å². The van der Waals surface area contributed by atoms with Gasteiger partial charge in [-0.2, -0.15) is 0 Å². The van der Waals surface area contributed by atoms with Crippen molar-refractivity contribution in [3.05, 3.63) is 59.7 Å². The Morgan fingerprint density at radius 3 is 2.38 bits per heavy atom. The van der Waals surface area contributed by atoms with Crippen LogP contribution in [0, 0.1) is 5.92 Å². The zero-order chi connectivity index (χ0) is 18.7. The van der Waals surface area contributed by atoms with Gasteiger partial charge in [-0.15, -0.1) is 0 Å². The Balaban J connectivity index is 1.80. The molecule has 5 heteroatoms. The number of hydrogen-bond acceptors (Lipinski definition) is 3. The number of nitrogens with one attached hydrogen (secondary N) is 2. The molecule has 26 heavy (non-hydrogen) atoms. The molecule has 1 aliphatic carbocycles. The van der Waals surface area contributed by atoms with E-state index in [1.54, 1.807) is 6.07 Å². The zero-order valence-corrected chi connectivity index (χ0v) is 15.5. The maximum atomic E-state index is 12.9. The minimum absolute atomic E-state index is 0.0339. The molecule has 1 atom stereocenters. The van der Waals surface area contributed by atoms with Crippen molar-refractivity contribution < 1.29 is 9.59 Å². The lowest BCUT2D eigenvalue weighted by atomic mass is 10.1. The van der Waals surface area contributed by atoms with Crippen molar-refractivity contribution in [3.8, 4) is 0 Å². The topological polar surface area (TPSA) is 61.4 Å². The molecule has 3 rings (SSSR count). The van der Waals surface area contributed by atoms with Gasteiger partial charge in [-0.1, -0.05) is 30.3 Å². The second-order valence-electron chi connectivity index (χ2n) is 7.00. The lowest BCUT2D eigenvalue weighted by Gasteiger charge is -2.20. The summed E-state index contributed by atoms with van der Waals surface area (Å²) in [5.74, 6) is -0.00177. The Kier molecular flexibility index (Phi) is 5.26. The van der Waals surface area contributed by atoms with Gasteiger partial charge in [0.15, 0.2) is 0 Å². The first-order valence-electron chi connectivity index (χ1n) is 8.93. The fraction of sp³-hybridized carbons (Fsp3) is 0.333. The van der Waals surface area contributed by atoms with Gasteiger partial charge in [-0.3, -0.25) is 9.59 Å². The number of carbonyl (C=O) groups is 2. The van der Waals surface area contributed by atoms with Crippen molar-refractivity contribution in [3.63, 3.8) is 0 Å². The van der Waals surface area contributed by atoms with E-state index in [-0.39, 0.29) is 23.8 Å². The van der Waals surface area contributed by atoms with Gasteiger partial charge < -0.3 is 15.5 Å². The number of rotatable bonds is 6. The number of hydrogen-bond donors (Lipinski definition) is 2. The number of amides is 2. The number of benzene rings is 2. The van der Waals surface area contributed by atoms with Crippen molar-refractivity contribution >= 4 is 23.2 Å². The monoisotopic (exact) mass is 351 g/mol. The molecule has 2 N–H and O–H groups in total. The van der Waals surface area contributed by atoms with Crippen LogP contribution in [-0.2, 0) is 4.79 Å². The second kappa shape index (κ2) is 7.60. The average Bonchev–Trinajstić information content (AvgIpc) is 3.47. The van der Waals surface area contributed by atoms with Crippen LogP contribution in [0.25, 0.3) is 0 Å². The first-order chi connectivity index (χ1) is 12.5. The van der Waals surface area contributed by atoms with Gasteiger partial charge in [-0.05, 0) is 43.5 Å². The molecule has 0 heterocycles. The molecule has 136 valence electrons. The van der Waals surface area contributed by atoms with Gasteiger partial charge in [0, 0.05) is 31.4 Å². The average molecular weight is 351 g/mol. The molecular weight excluding hydrogens is 326 g/mol. The Bertz CT molecular complexity index is 798.